The highest BCUT2D eigenvalue weighted by Crippen LogP contribution is 2.17. The van der Waals surface area contributed by atoms with Gasteiger partial charge in [-0.05, 0) is 18.1 Å². The minimum atomic E-state index is -0.170. The smallest absolute Gasteiger partial charge is 0.251 e. The van der Waals surface area contributed by atoms with Crippen molar-refractivity contribution in [2.75, 3.05) is 13.1 Å². The Labute approximate surface area is 100 Å². The summed E-state index contributed by atoms with van der Waals surface area (Å²) in [5.74, 6) is 0.0661. The lowest BCUT2D eigenvalue weighted by Gasteiger charge is -2.08. The summed E-state index contributed by atoms with van der Waals surface area (Å²) in [5.41, 5.74) is 6.65. The predicted octanol–water partition coefficient (Wildman–Crippen LogP) is 1.55. The van der Waals surface area contributed by atoms with E-state index in [1.165, 1.54) is 0 Å². The molecule has 1 amide bonds. The summed E-state index contributed by atoms with van der Waals surface area (Å²) in [5, 5.41) is 3.03. The number of amides is 1. The predicted molar refractivity (Wildman–Crippen MR) is 64.7 cm³/mol. The minimum absolute atomic E-state index is 0.170. The summed E-state index contributed by atoms with van der Waals surface area (Å²) < 4.78 is 0. The number of pyridine rings is 1. The van der Waals surface area contributed by atoms with Crippen LogP contribution in [0.15, 0.2) is 12.1 Å². The molecule has 0 aromatic carbocycles. The van der Waals surface area contributed by atoms with E-state index in [2.05, 4.69) is 10.3 Å². The minimum Gasteiger partial charge on any atom is -0.351 e. The van der Waals surface area contributed by atoms with Crippen molar-refractivity contribution in [3.63, 3.8) is 0 Å². The highest BCUT2D eigenvalue weighted by atomic mass is 35.5. The molecule has 0 bridgehead atoms. The molecule has 1 aromatic heterocycles. The summed E-state index contributed by atoms with van der Waals surface area (Å²) in [7, 11) is 0. The van der Waals surface area contributed by atoms with Gasteiger partial charge in [-0.1, -0.05) is 25.4 Å². The highest BCUT2D eigenvalue weighted by Gasteiger charge is 2.10. The number of nitrogens with two attached hydrogens (primary N) is 1. The van der Waals surface area contributed by atoms with Gasteiger partial charge in [-0.3, -0.25) is 4.79 Å². The summed E-state index contributed by atoms with van der Waals surface area (Å²) in [6, 6.07) is 3.31. The third-order valence-electron chi connectivity index (χ3n) is 2.10. The van der Waals surface area contributed by atoms with E-state index in [4.69, 9.17) is 17.3 Å². The molecule has 0 aliphatic carbocycles. The maximum absolute atomic E-state index is 11.7. The quantitative estimate of drug-likeness (QED) is 0.786. The zero-order valence-corrected chi connectivity index (χ0v) is 10.2. The Morgan fingerprint density at radius 2 is 2.25 bits per heavy atom. The van der Waals surface area contributed by atoms with Crippen molar-refractivity contribution in [3.05, 3.63) is 28.5 Å². The van der Waals surface area contributed by atoms with E-state index in [0.717, 1.165) is 5.69 Å². The van der Waals surface area contributed by atoms with Gasteiger partial charge >= 0.3 is 0 Å². The van der Waals surface area contributed by atoms with Crippen LogP contribution in [0.1, 0.15) is 35.8 Å². The van der Waals surface area contributed by atoms with Crippen molar-refractivity contribution >= 4 is 17.5 Å². The Bertz CT molecular complexity index is 379. The Hall–Kier alpha value is -1.13. The molecule has 0 saturated heterocycles. The fourth-order valence-corrected chi connectivity index (χ4v) is 1.45. The van der Waals surface area contributed by atoms with Crippen LogP contribution in [-0.2, 0) is 0 Å². The van der Waals surface area contributed by atoms with Gasteiger partial charge in [0.2, 0.25) is 0 Å². The third-order valence-corrected chi connectivity index (χ3v) is 2.29. The number of hydrogen-bond acceptors (Lipinski definition) is 3. The molecule has 1 rings (SSSR count). The van der Waals surface area contributed by atoms with Crippen molar-refractivity contribution in [2.45, 2.75) is 19.8 Å². The van der Waals surface area contributed by atoms with Crippen LogP contribution in [0.2, 0.25) is 5.15 Å². The van der Waals surface area contributed by atoms with Gasteiger partial charge in [0, 0.05) is 24.3 Å². The lowest BCUT2D eigenvalue weighted by atomic mass is 10.1. The van der Waals surface area contributed by atoms with E-state index in [1.807, 2.05) is 13.8 Å². The molecular weight excluding hydrogens is 226 g/mol. The van der Waals surface area contributed by atoms with E-state index in [-0.39, 0.29) is 11.8 Å². The molecule has 0 radical (unpaired) electrons. The molecule has 3 N–H and O–H groups in total. The number of nitrogens with zero attached hydrogens (tertiary/aromatic N) is 1. The van der Waals surface area contributed by atoms with Gasteiger partial charge in [0.1, 0.15) is 5.15 Å². The number of nitrogens with one attached hydrogen (secondary N) is 1. The Balaban J connectivity index is 2.91. The van der Waals surface area contributed by atoms with Crippen molar-refractivity contribution in [2.24, 2.45) is 5.73 Å². The Morgan fingerprint density at radius 1 is 1.56 bits per heavy atom. The number of halogens is 1. The number of carbonyl (C=O) groups excluding carboxylic acids is 1. The second-order valence-corrected chi connectivity index (χ2v) is 4.19. The van der Waals surface area contributed by atoms with E-state index in [9.17, 15) is 4.79 Å². The average molecular weight is 242 g/mol. The molecule has 88 valence electrons. The molecular formula is C11H16ClN3O. The van der Waals surface area contributed by atoms with Crippen molar-refractivity contribution in [1.82, 2.24) is 10.3 Å². The SMILES string of the molecule is CC(C)c1cc(C(=O)NCCN)cc(Cl)n1. The Kier molecular flexibility index (Phi) is 4.71. The normalized spacial score (nSPS) is 10.6. The lowest BCUT2D eigenvalue weighted by Crippen LogP contribution is -2.29. The van der Waals surface area contributed by atoms with E-state index in [1.54, 1.807) is 12.1 Å². The average Bonchev–Trinajstić information content (AvgIpc) is 2.24. The second-order valence-electron chi connectivity index (χ2n) is 3.80. The molecule has 0 fully saturated rings. The first kappa shape index (κ1) is 12.9. The van der Waals surface area contributed by atoms with Crippen LogP contribution in [0.4, 0.5) is 0 Å². The third kappa shape index (κ3) is 3.47. The topological polar surface area (TPSA) is 68.0 Å². The van der Waals surface area contributed by atoms with Crippen molar-refractivity contribution < 1.29 is 4.79 Å². The van der Waals surface area contributed by atoms with Gasteiger partial charge in [0.25, 0.3) is 5.91 Å². The molecule has 16 heavy (non-hydrogen) atoms. The van der Waals surface area contributed by atoms with E-state index in [0.29, 0.717) is 23.8 Å². The van der Waals surface area contributed by atoms with Gasteiger partial charge in [0.15, 0.2) is 0 Å². The summed E-state index contributed by atoms with van der Waals surface area (Å²) in [6.07, 6.45) is 0. The molecule has 0 aliphatic heterocycles. The largest absolute Gasteiger partial charge is 0.351 e. The Morgan fingerprint density at radius 3 is 2.81 bits per heavy atom. The number of carbonyl (C=O) groups is 1. The molecule has 0 spiro atoms. The van der Waals surface area contributed by atoms with E-state index < -0.39 is 0 Å². The first-order chi connectivity index (χ1) is 7.54. The lowest BCUT2D eigenvalue weighted by molar-refractivity contribution is 0.0954. The first-order valence-electron chi connectivity index (χ1n) is 5.20. The number of aromatic nitrogens is 1. The number of hydrogen-bond donors (Lipinski definition) is 2. The van der Waals surface area contributed by atoms with Crippen LogP contribution in [-0.4, -0.2) is 24.0 Å². The maximum Gasteiger partial charge on any atom is 0.251 e. The van der Waals surface area contributed by atoms with Crippen LogP contribution < -0.4 is 11.1 Å². The monoisotopic (exact) mass is 241 g/mol. The summed E-state index contributed by atoms with van der Waals surface area (Å²) in [4.78, 5) is 15.8. The zero-order chi connectivity index (χ0) is 12.1. The molecule has 5 heteroatoms. The van der Waals surface area contributed by atoms with E-state index >= 15 is 0 Å². The molecule has 0 saturated carbocycles. The fraction of sp³-hybridized carbons (Fsp3) is 0.455. The van der Waals surface area contributed by atoms with Crippen LogP contribution in [0.5, 0.6) is 0 Å². The van der Waals surface area contributed by atoms with Crippen LogP contribution in [0.25, 0.3) is 0 Å². The fourth-order valence-electron chi connectivity index (χ4n) is 1.23. The summed E-state index contributed by atoms with van der Waals surface area (Å²) in [6.45, 7) is 4.87. The highest BCUT2D eigenvalue weighted by molar-refractivity contribution is 6.29. The van der Waals surface area contributed by atoms with Gasteiger partial charge in [-0.15, -0.1) is 0 Å². The van der Waals surface area contributed by atoms with Gasteiger partial charge in [-0.2, -0.15) is 0 Å². The van der Waals surface area contributed by atoms with Gasteiger partial charge in [-0.25, -0.2) is 4.98 Å². The maximum atomic E-state index is 11.7. The van der Waals surface area contributed by atoms with Crippen molar-refractivity contribution in [3.8, 4) is 0 Å². The second kappa shape index (κ2) is 5.82. The van der Waals surface area contributed by atoms with Crippen molar-refractivity contribution in [1.29, 1.82) is 0 Å². The van der Waals surface area contributed by atoms with Crippen LogP contribution in [0.3, 0.4) is 0 Å². The van der Waals surface area contributed by atoms with Gasteiger partial charge in [0.05, 0.1) is 0 Å². The van der Waals surface area contributed by atoms with Gasteiger partial charge < -0.3 is 11.1 Å². The zero-order valence-electron chi connectivity index (χ0n) is 9.46. The molecule has 1 aromatic rings. The standard InChI is InChI=1S/C11H16ClN3O/c1-7(2)9-5-8(6-10(12)15-9)11(16)14-4-3-13/h5-7H,3-4,13H2,1-2H3,(H,14,16). The molecule has 1 heterocycles. The molecule has 0 atom stereocenters. The van der Waals surface area contributed by atoms with Crippen LogP contribution >= 0.6 is 11.6 Å². The first-order valence-corrected chi connectivity index (χ1v) is 5.58. The molecule has 4 nitrogen and oxygen atoms in total. The number of rotatable bonds is 4. The molecule has 0 aliphatic rings. The van der Waals surface area contributed by atoms with Crippen LogP contribution in [0, 0.1) is 0 Å². The molecule has 0 unspecified atom stereocenters. The summed E-state index contributed by atoms with van der Waals surface area (Å²) >= 11 is 5.86.